The van der Waals surface area contributed by atoms with Crippen molar-refractivity contribution in [3.8, 4) is 16.9 Å². The monoisotopic (exact) mass is 461 g/mol. The normalized spacial score (nSPS) is 14.1. The molecule has 0 atom stereocenters. The Morgan fingerprint density at radius 1 is 1.18 bits per heavy atom. The lowest BCUT2D eigenvalue weighted by atomic mass is 10.0. The van der Waals surface area contributed by atoms with Gasteiger partial charge in [-0.2, -0.15) is 0 Å². The van der Waals surface area contributed by atoms with Crippen molar-refractivity contribution in [3.63, 3.8) is 0 Å². The van der Waals surface area contributed by atoms with Crippen molar-refractivity contribution in [2.75, 3.05) is 19.7 Å². The fourth-order valence-electron chi connectivity index (χ4n) is 4.27. The number of hydrogen-bond acceptors (Lipinski definition) is 6. The fraction of sp³-hybridized carbons (Fsp3) is 0.308. The van der Waals surface area contributed by atoms with E-state index in [-0.39, 0.29) is 12.5 Å². The predicted molar refractivity (Wildman–Crippen MR) is 130 cm³/mol. The van der Waals surface area contributed by atoms with E-state index < -0.39 is 0 Å². The second-order valence-electron chi connectivity index (χ2n) is 8.45. The Balaban J connectivity index is 1.32. The summed E-state index contributed by atoms with van der Waals surface area (Å²) in [6, 6.07) is 16.6. The van der Waals surface area contributed by atoms with E-state index in [9.17, 15) is 4.79 Å². The molecule has 1 fully saturated rings. The summed E-state index contributed by atoms with van der Waals surface area (Å²) in [5, 5.41) is 10.1. The third-order valence-corrected chi connectivity index (χ3v) is 6.90. The van der Waals surface area contributed by atoms with E-state index in [1.165, 1.54) is 34.1 Å². The summed E-state index contributed by atoms with van der Waals surface area (Å²) < 4.78 is 12.4. The SMILES string of the molecule is Cc1cc(CNC(=O)COc2ccc(-c3csc4ccccc34)cc2CN2CCCC2)on1. The second-order valence-corrected chi connectivity index (χ2v) is 9.36. The molecule has 0 bridgehead atoms. The van der Waals surface area contributed by atoms with Crippen LogP contribution in [0.2, 0.25) is 0 Å². The number of nitrogens with zero attached hydrogens (tertiary/aromatic N) is 2. The largest absolute Gasteiger partial charge is 0.483 e. The molecule has 0 saturated carbocycles. The number of thiophene rings is 1. The van der Waals surface area contributed by atoms with Crippen LogP contribution in [-0.4, -0.2) is 35.7 Å². The van der Waals surface area contributed by atoms with Crippen molar-refractivity contribution in [2.24, 2.45) is 0 Å². The number of benzene rings is 2. The van der Waals surface area contributed by atoms with Crippen molar-refractivity contribution >= 4 is 27.3 Å². The number of likely N-dealkylation sites (tertiary alicyclic amines) is 1. The van der Waals surface area contributed by atoms with E-state index in [0.717, 1.165) is 36.6 Å². The predicted octanol–water partition coefficient (Wildman–Crippen LogP) is 5.16. The average molecular weight is 462 g/mol. The second kappa shape index (κ2) is 9.77. The maximum atomic E-state index is 12.3. The third-order valence-electron chi connectivity index (χ3n) is 5.94. The van der Waals surface area contributed by atoms with Crippen LogP contribution in [0.15, 0.2) is 58.4 Å². The van der Waals surface area contributed by atoms with E-state index in [4.69, 9.17) is 9.26 Å². The van der Waals surface area contributed by atoms with Gasteiger partial charge in [-0.25, -0.2) is 0 Å². The molecule has 0 radical (unpaired) electrons. The highest BCUT2D eigenvalue weighted by Gasteiger charge is 2.17. The zero-order valence-electron chi connectivity index (χ0n) is 18.7. The van der Waals surface area contributed by atoms with Gasteiger partial charge in [-0.05, 0) is 62.0 Å². The van der Waals surface area contributed by atoms with Gasteiger partial charge < -0.3 is 14.6 Å². The van der Waals surface area contributed by atoms with Gasteiger partial charge in [0.05, 0.1) is 12.2 Å². The summed E-state index contributed by atoms with van der Waals surface area (Å²) in [6.45, 7) is 5.13. The van der Waals surface area contributed by atoms with E-state index in [1.54, 1.807) is 11.3 Å². The minimum absolute atomic E-state index is 0.0408. The van der Waals surface area contributed by atoms with Gasteiger partial charge in [0.2, 0.25) is 0 Å². The molecule has 170 valence electrons. The number of aromatic nitrogens is 1. The molecule has 33 heavy (non-hydrogen) atoms. The Morgan fingerprint density at radius 2 is 2.03 bits per heavy atom. The molecule has 4 aromatic rings. The number of amides is 1. The first kappa shape index (κ1) is 21.7. The lowest BCUT2D eigenvalue weighted by molar-refractivity contribution is -0.123. The van der Waals surface area contributed by atoms with Crippen LogP contribution in [0.5, 0.6) is 5.75 Å². The van der Waals surface area contributed by atoms with Gasteiger partial charge in [0.1, 0.15) is 5.75 Å². The molecule has 0 aliphatic carbocycles. The Morgan fingerprint density at radius 3 is 2.85 bits per heavy atom. The summed E-state index contributed by atoms with van der Waals surface area (Å²) in [5.74, 6) is 1.20. The number of nitrogens with one attached hydrogen (secondary N) is 1. The Bertz CT molecular complexity index is 1260. The maximum absolute atomic E-state index is 12.3. The van der Waals surface area contributed by atoms with Crippen molar-refractivity contribution in [1.29, 1.82) is 0 Å². The van der Waals surface area contributed by atoms with E-state index in [0.29, 0.717) is 12.3 Å². The molecule has 1 N–H and O–H groups in total. The van der Waals surface area contributed by atoms with Crippen LogP contribution in [0.25, 0.3) is 21.2 Å². The van der Waals surface area contributed by atoms with Crippen LogP contribution in [0.4, 0.5) is 0 Å². The third kappa shape index (κ3) is 5.10. The summed E-state index contributed by atoms with van der Waals surface area (Å²) in [4.78, 5) is 14.8. The van der Waals surface area contributed by atoms with E-state index in [1.807, 2.05) is 19.1 Å². The molecule has 6 nitrogen and oxygen atoms in total. The maximum Gasteiger partial charge on any atom is 0.258 e. The fourth-order valence-corrected chi connectivity index (χ4v) is 5.24. The van der Waals surface area contributed by atoms with Gasteiger partial charge in [-0.1, -0.05) is 29.4 Å². The van der Waals surface area contributed by atoms with Gasteiger partial charge in [-0.15, -0.1) is 11.3 Å². The van der Waals surface area contributed by atoms with Crippen LogP contribution in [-0.2, 0) is 17.9 Å². The van der Waals surface area contributed by atoms with Crippen molar-refractivity contribution < 1.29 is 14.1 Å². The Kier molecular flexibility index (Phi) is 6.41. The molecule has 1 saturated heterocycles. The average Bonchev–Trinajstić information content (AvgIpc) is 3.58. The molecule has 0 spiro atoms. The zero-order valence-corrected chi connectivity index (χ0v) is 19.5. The molecular weight excluding hydrogens is 434 g/mol. The lowest BCUT2D eigenvalue weighted by Gasteiger charge is -2.19. The van der Waals surface area contributed by atoms with Crippen LogP contribution in [0, 0.1) is 6.92 Å². The zero-order chi connectivity index (χ0) is 22.6. The minimum Gasteiger partial charge on any atom is -0.483 e. The van der Waals surface area contributed by atoms with Crippen LogP contribution in [0.3, 0.4) is 0 Å². The molecule has 1 aliphatic rings. The topological polar surface area (TPSA) is 67.6 Å². The van der Waals surface area contributed by atoms with Crippen molar-refractivity contribution in [3.05, 3.63) is 70.9 Å². The number of carbonyl (C=O) groups is 1. The first-order chi connectivity index (χ1) is 16.2. The van der Waals surface area contributed by atoms with Crippen molar-refractivity contribution in [2.45, 2.75) is 32.9 Å². The molecule has 7 heteroatoms. The number of fused-ring (bicyclic) bond motifs is 1. The molecule has 5 rings (SSSR count). The van der Waals surface area contributed by atoms with Crippen LogP contribution < -0.4 is 10.1 Å². The summed E-state index contributed by atoms with van der Waals surface area (Å²) in [5.41, 5.74) is 4.33. The van der Waals surface area contributed by atoms with Crippen LogP contribution in [0.1, 0.15) is 29.9 Å². The number of hydrogen-bond donors (Lipinski definition) is 1. The summed E-state index contributed by atoms with van der Waals surface area (Å²) in [7, 11) is 0. The Labute approximate surface area is 197 Å². The molecule has 1 aliphatic heterocycles. The minimum atomic E-state index is -0.191. The summed E-state index contributed by atoms with van der Waals surface area (Å²) >= 11 is 1.76. The highest BCUT2D eigenvalue weighted by molar-refractivity contribution is 7.17. The highest BCUT2D eigenvalue weighted by atomic mass is 32.1. The number of carbonyl (C=O) groups excluding carboxylic acids is 1. The van der Waals surface area contributed by atoms with E-state index in [2.05, 4.69) is 57.2 Å². The smallest absolute Gasteiger partial charge is 0.258 e. The Hall–Kier alpha value is -3.16. The van der Waals surface area contributed by atoms with Crippen LogP contribution >= 0.6 is 11.3 Å². The lowest BCUT2D eigenvalue weighted by Crippen LogP contribution is -2.28. The molecule has 0 unspecified atom stereocenters. The number of aryl methyl sites for hydroxylation is 1. The highest BCUT2D eigenvalue weighted by Crippen LogP contribution is 2.36. The molecule has 2 aromatic carbocycles. The first-order valence-corrected chi connectivity index (χ1v) is 12.2. The van der Waals surface area contributed by atoms with Gasteiger partial charge in [0.25, 0.3) is 5.91 Å². The van der Waals surface area contributed by atoms with Crippen molar-refractivity contribution in [1.82, 2.24) is 15.4 Å². The standard InChI is InChI=1S/C26H27N3O3S/c1-18-12-21(32-28-18)14-27-26(30)16-31-24-9-8-19(13-20(24)15-29-10-4-5-11-29)23-17-33-25-7-3-2-6-22(23)25/h2-3,6-9,12-13,17H,4-5,10-11,14-16H2,1H3,(H,27,30). The molecule has 3 heterocycles. The molecule has 1 amide bonds. The van der Waals surface area contributed by atoms with Gasteiger partial charge in [0, 0.05) is 33.8 Å². The van der Waals surface area contributed by atoms with Gasteiger partial charge in [-0.3, -0.25) is 9.69 Å². The van der Waals surface area contributed by atoms with Gasteiger partial charge in [0.15, 0.2) is 12.4 Å². The number of ether oxygens (including phenoxy) is 1. The molecular formula is C26H27N3O3S. The number of rotatable bonds is 8. The molecule has 2 aromatic heterocycles. The van der Waals surface area contributed by atoms with E-state index >= 15 is 0 Å². The quantitative estimate of drug-likeness (QED) is 0.393. The summed E-state index contributed by atoms with van der Waals surface area (Å²) in [6.07, 6.45) is 2.46. The first-order valence-electron chi connectivity index (χ1n) is 11.3. The van der Waals surface area contributed by atoms with Gasteiger partial charge >= 0.3 is 0 Å².